The molecule has 6 heteroatoms. The van der Waals surface area contributed by atoms with Crippen LogP contribution in [0.25, 0.3) is 0 Å². The lowest BCUT2D eigenvalue weighted by Crippen LogP contribution is -2.47. The first-order valence-electron chi connectivity index (χ1n) is 8.61. The van der Waals surface area contributed by atoms with Crippen LogP contribution < -0.4 is 15.6 Å². The summed E-state index contributed by atoms with van der Waals surface area (Å²) in [6.45, 7) is 3.67. The van der Waals surface area contributed by atoms with Crippen molar-refractivity contribution in [3.05, 3.63) is 65.5 Å². The fourth-order valence-electron chi connectivity index (χ4n) is 2.27. The Kier molecular flexibility index (Phi) is 7.14. The average Bonchev–Trinajstić information content (AvgIpc) is 2.66. The minimum Gasteiger partial charge on any atom is -0.481 e. The van der Waals surface area contributed by atoms with Gasteiger partial charge < -0.3 is 4.74 Å². The maximum absolute atomic E-state index is 12.9. The van der Waals surface area contributed by atoms with Gasteiger partial charge in [0.2, 0.25) is 0 Å². The Bertz CT molecular complexity index is 730. The summed E-state index contributed by atoms with van der Waals surface area (Å²) in [5.74, 6) is -0.943. The van der Waals surface area contributed by atoms with Crippen molar-refractivity contribution in [2.24, 2.45) is 0 Å². The van der Waals surface area contributed by atoms with Gasteiger partial charge in [-0.1, -0.05) is 25.5 Å². The number of ether oxygens (including phenoxy) is 1. The number of halogens is 1. The summed E-state index contributed by atoms with van der Waals surface area (Å²) >= 11 is 0. The molecule has 5 nitrogen and oxygen atoms in total. The van der Waals surface area contributed by atoms with Gasteiger partial charge in [-0.25, -0.2) is 4.39 Å². The van der Waals surface area contributed by atoms with Crippen molar-refractivity contribution in [1.29, 1.82) is 0 Å². The first-order valence-corrected chi connectivity index (χ1v) is 8.61. The second-order valence-corrected chi connectivity index (χ2v) is 5.96. The van der Waals surface area contributed by atoms with E-state index in [-0.39, 0.29) is 5.82 Å². The van der Waals surface area contributed by atoms with Gasteiger partial charge in [-0.2, -0.15) is 0 Å². The van der Waals surface area contributed by atoms with Crippen LogP contribution >= 0.6 is 0 Å². The Morgan fingerprint density at radius 1 is 1.04 bits per heavy atom. The number of nitrogens with one attached hydrogen (secondary N) is 2. The van der Waals surface area contributed by atoms with Gasteiger partial charge in [0.1, 0.15) is 11.6 Å². The topological polar surface area (TPSA) is 67.4 Å². The molecule has 2 N–H and O–H groups in total. The van der Waals surface area contributed by atoms with Gasteiger partial charge in [0, 0.05) is 5.56 Å². The molecule has 0 unspecified atom stereocenters. The molecular formula is C20H23FN2O3. The lowest BCUT2D eigenvalue weighted by Gasteiger charge is -2.15. The highest BCUT2D eigenvalue weighted by Gasteiger charge is 2.16. The maximum atomic E-state index is 12.9. The van der Waals surface area contributed by atoms with E-state index in [1.807, 2.05) is 12.1 Å². The molecule has 0 saturated heterocycles. The largest absolute Gasteiger partial charge is 0.481 e. The number of carbonyl (C=O) groups excluding carboxylic acids is 2. The number of rotatable bonds is 7. The molecule has 2 aromatic rings. The predicted molar refractivity (Wildman–Crippen MR) is 97.2 cm³/mol. The zero-order chi connectivity index (χ0) is 18.9. The Balaban J connectivity index is 1.81. The van der Waals surface area contributed by atoms with Crippen LogP contribution in [0.3, 0.4) is 0 Å². The Morgan fingerprint density at radius 2 is 1.69 bits per heavy atom. The van der Waals surface area contributed by atoms with Crippen LogP contribution in [0.5, 0.6) is 5.75 Å². The molecule has 2 rings (SSSR count). The molecule has 0 aromatic heterocycles. The second-order valence-electron chi connectivity index (χ2n) is 5.96. The molecule has 138 valence electrons. The molecule has 0 aliphatic heterocycles. The summed E-state index contributed by atoms with van der Waals surface area (Å²) in [4.78, 5) is 24.1. The smallest absolute Gasteiger partial charge is 0.279 e. The van der Waals surface area contributed by atoms with E-state index in [4.69, 9.17) is 4.74 Å². The van der Waals surface area contributed by atoms with E-state index < -0.39 is 17.9 Å². The van der Waals surface area contributed by atoms with Gasteiger partial charge in [0.25, 0.3) is 11.8 Å². The van der Waals surface area contributed by atoms with Crippen LogP contribution in [-0.2, 0) is 11.2 Å². The van der Waals surface area contributed by atoms with Crippen molar-refractivity contribution in [1.82, 2.24) is 10.9 Å². The van der Waals surface area contributed by atoms with Crippen molar-refractivity contribution in [2.45, 2.75) is 39.2 Å². The zero-order valence-electron chi connectivity index (χ0n) is 14.9. The minimum atomic E-state index is -0.850. The quantitative estimate of drug-likeness (QED) is 0.746. The van der Waals surface area contributed by atoms with Crippen LogP contribution in [0, 0.1) is 5.82 Å². The SMILES string of the molecule is CCCCc1ccc(C(=O)NNC(=O)[C@H](C)Oc2ccc(F)cc2)cc1. The standard InChI is InChI=1S/C20H23FN2O3/c1-3-4-5-15-6-8-16(9-7-15)20(25)23-22-19(24)14(2)26-18-12-10-17(21)11-13-18/h6-14H,3-5H2,1-2H3,(H,22,24)(H,23,25)/t14-/m0/s1. The van der Waals surface area contributed by atoms with E-state index in [0.717, 1.165) is 19.3 Å². The number of amides is 2. The number of hydrazine groups is 1. The Morgan fingerprint density at radius 3 is 2.31 bits per heavy atom. The van der Waals surface area contributed by atoms with Crippen LogP contribution in [-0.4, -0.2) is 17.9 Å². The van der Waals surface area contributed by atoms with E-state index in [2.05, 4.69) is 17.8 Å². The molecule has 1 atom stereocenters. The van der Waals surface area contributed by atoms with E-state index in [9.17, 15) is 14.0 Å². The molecule has 2 amide bonds. The van der Waals surface area contributed by atoms with Gasteiger partial charge in [-0.05, 0) is 61.7 Å². The van der Waals surface area contributed by atoms with Gasteiger partial charge >= 0.3 is 0 Å². The molecular weight excluding hydrogens is 335 g/mol. The second kappa shape index (κ2) is 9.56. The molecule has 0 bridgehead atoms. The van der Waals surface area contributed by atoms with Crippen LogP contribution in [0.2, 0.25) is 0 Å². The van der Waals surface area contributed by atoms with Gasteiger partial charge in [0.05, 0.1) is 0 Å². The summed E-state index contributed by atoms with van der Waals surface area (Å²) in [6, 6.07) is 12.6. The van der Waals surface area contributed by atoms with Crippen molar-refractivity contribution < 1.29 is 18.7 Å². The highest BCUT2D eigenvalue weighted by atomic mass is 19.1. The highest BCUT2D eigenvalue weighted by Crippen LogP contribution is 2.13. The van der Waals surface area contributed by atoms with Crippen LogP contribution in [0.4, 0.5) is 4.39 Å². The highest BCUT2D eigenvalue weighted by molar-refractivity contribution is 5.95. The molecule has 2 aromatic carbocycles. The summed E-state index contributed by atoms with van der Waals surface area (Å²) in [5.41, 5.74) is 6.31. The number of unbranched alkanes of at least 4 members (excludes halogenated alkanes) is 1. The van der Waals surface area contributed by atoms with Crippen molar-refractivity contribution in [2.75, 3.05) is 0 Å². The minimum absolute atomic E-state index is 0.364. The molecule has 0 fully saturated rings. The molecule has 0 spiro atoms. The van der Waals surface area contributed by atoms with Crippen molar-refractivity contribution in [3.63, 3.8) is 0 Å². The lowest BCUT2D eigenvalue weighted by atomic mass is 10.1. The molecule has 26 heavy (non-hydrogen) atoms. The molecule has 0 aliphatic carbocycles. The third-order valence-corrected chi connectivity index (χ3v) is 3.83. The van der Waals surface area contributed by atoms with Crippen LogP contribution in [0.15, 0.2) is 48.5 Å². The summed E-state index contributed by atoms with van der Waals surface area (Å²) in [6.07, 6.45) is 2.35. The van der Waals surface area contributed by atoms with Crippen molar-refractivity contribution in [3.8, 4) is 5.75 Å². The first-order chi connectivity index (χ1) is 12.5. The van der Waals surface area contributed by atoms with E-state index in [1.54, 1.807) is 12.1 Å². The number of aryl methyl sites for hydroxylation is 1. The lowest BCUT2D eigenvalue weighted by molar-refractivity contribution is -0.128. The number of benzene rings is 2. The molecule has 0 saturated carbocycles. The third kappa shape index (κ3) is 5.88. The summed E-state index contributed by atoms with van der Waals surface area (Å²) in [5, 5.41) is 0. The van der Waals surface area contributed by atoms with Gasteiger partial charge in [-0.15, -0.1) is 0 Å². The fraction of sp³-hybridized carbons (Fsp3) is 0.300. The van der Waals surface area contributed by atoms with E-state index >= 15 is 0 Å². The molecule has 0 radical (unpaired) electrons. The Hall–Kier alpha value is -2.89. The van der Waals surface area contributed by atoms with Crippen LogP contribution in [0.1, 0.15) is 42.6 Å². The maximum Gasteiger partial charge on any atom is 0.279 e. The zero-order valence-corrected chi connectivity index (χ0v) is 14.9. The first kappa shape index (κ1) is 19.4. The van der Waals surface area contributed by atoms with Gasteiger partial charge in [-0.3, -0.25) is 20.4 Å². The molecule has 0 aliphatic rings. The average molecular weight is 358 g/mol. The summed E-state index contributed by atoms with van der Waals surface area (Å²) in [7, 11) is 0. The molecule has 0 heterocycles. The predicted octanol–water partition coefficient (Wildman–Crippen LogP) is 3.40. The monoisotopic (exact) mass is 358 g/mol. The normalized spacial score (nSPS) is 11.5. The van der Waals surface area contributed by atoms with Crippen molar-refractivity contribution >= 4 is 11.8 Å². The number of carbonyl (C=O) groups is 2. The van der Waals surface area contributed by atoms with Gasteiger partial charge in [0.15, 0.2) is 6.10 Å². The third-order valence-electron chi connectivity index (χ3n) is 3.83. The van der Waals surface area contributed by atoms with E-state index in [1.165, 1.54) is 36.8 Å². The number of hydrogen-bond acceptors (Lipinski definition) is 3. The van der Waals surface area contributed by atoms with E-state index in [0.29, 0.717) is 11.3 Å². The summed E-state index contributed by atoms with van der Waals surface area (Å²) < 4.78 is 18.2. The fourth-order valence-corrected chi connectivity index (χ4v) is 2.27. The Labute approximate surface area is 152 Å². The number of hydrogen-bond donors (Lipinski definition) is 2.